The van der Waals surface area contributed by atoms with E-state index in [9.17, 15) is 13.9 Å². The Balaban J connectivity index is 2.43. The topological polar surface area (TPSA) is 46.2 Å². The molecule has 2 rings (SSSR count). The summed E-state index contributed by atoms with van der Waals surface area (Å²) in [6.45, 7) is 0. The molecule has 1 fully saturated rings. The van der Waals surface area contributed by atoms with Gasteiger partial charge in [0.2, 0.25) is 0 Å². The number of phenolic OH excluding ortho intramolecular Hbond substituents is 1. The van der Waals surface area contributed by atoms with Gasteiger partial charge in [0, 0.05) is 11.6 Å². The second-order valence-corrected chi connectivity index (χ2v) is 3.65. The fourth-order valence-corrected chi connectivity index (χ4v) is 1.56. The lowest BCUT2D eigenvalue weighted by Crippen LogP contribution is -2.14. The molecule has 4 heteroatoms. The molecule has 1 aromatic carbocycles. The Kier molecular flexibility index (Phi) is 2.15. The van der Waals surface area contributed by atoms with Crippen molar-refractivity contribution in [2.75, 3.05) is 0 Å². The summed E-state index contributed by atoms with van der Waals surface area (Å²) in [4.78, 5) is 0. The first-order valence-electron chi connectivity index (χ1n) is 4.53. The van der Waals surface area contributed by atoms with E-state index < -0.39 is 23.4 Å². The minimum atomic E-state index is -0.822. The summed E-state index contributed by atoms with van der Waals surface area (Å²) in [5.41, 5.74) is 5.61. The number of nitrogens with two attached hydrogens (primary N) is 1. The van der Waals surface area contributed by atoms with Gasteiger partial charge >= 0.3 is 0 Å². The van der Waals surface area contributed by atoms with Crippen LogP contribution in [0, 0.1) is 17.6 Å². The Morgan fingerprint density at radius 1 is 1.29 bits per heavy atom. The zero-order valence-corrected chi connectivity index (χ0v) is 7.50. The van der Waals surface area contributed by atoms with Gasteiger partial charge in [-0.05, 0) is 30.9 Å². The van der Waals surface area contributed by atoms with Crippen LogP contribution in [0.25, 0.3) is 0 Å². The number of benzene rings is 1. The molecule has 1 saturated carbocycles. The molecule has 0 heterocycles. The molecule has 0 amide bonds. The van der Waals surface area contributed by atoms with E-state index in [1.807, 2.05) is 0 Å². The Morgan fingerprint density at radius 3 is 2.43 bits per heavy atom. The van der Waals surface area contributed by atoms with Crippen molar-refractivity contribution in [3.8, 4) is 5.75 Å². The number of halogens is 2. The molecule has 1 aromatic rings. The van der Waals surface area contributed by atoms with E-state index in [1.54, 1.807) is 0 Å². The van der Waals surface area contributed by atoms with E-state index in [0.29, 0.717) is 0 Å². The second-order valence-electron chi connectivity index (χ2n) is 3.65. The van der Waals surface area contributed by atoms with Gasteiger partial charge in [-0.2, -0.15) is 0 Å². The summed E-state index contributed by atoms with van der Waals surface area (Å²) in [5.74, 6) is -1.93. The quantitative estimate of drug-likeness (QED) is 0.766. The van der Waals surface area contributed by atoms with Gasteiger partial charge in [0.1, 0.15) is 5.82 Å². The Morgan fingerprint density at radius 2 is 1.86 bits per heavy atom. The largest absolute Gasteiger partial charge is 0.505 e. The SMILES string of the molecule is N[C@H](c1c(F)ccc(F)c1O)C1CC1. The van der Waals surface area contributed by atoms with Crippen molar-refractivity contribution in [1.82, 2.24) is 0 Å². The summed E-state index contributed by atoms with van der Waals surface area (Å²) >= 11 is 0. The zero-order valence-electron chi connectivity index (χ0n) is 7.50. The summed E-state index contributed by atoms with van der Waals surface area (Å²) in [5, 5.41) is 9.33. The van der Waals surface area contributed by atoms with Crippen molar-refractivity contribution in [2.45, 2.75) is 18.9 Å². The van der Waals surface area contributed by atoms with Gasteiger partial charge in [-0.15, -0.1) is 0 Å². The van der Waals surface area contributed by atoms with Crippen LogP contribution in [0.2, 0.25) is 0 Å². The van der Waals surface area contributed by atoms with Crippen LogP contribution in [-0.2, 0) is 0 Å². The van der Waals surface area contributed by atoms with Crippen LogP contribution in [0.3, 0.4) is 0 Å². The van der Waals surface area contributed by atoms with Gasteiger partial charge in [-0.1, -0.05) is 0 Å². The van der Waals surface area contributed by atoms with Crippen LogP contribution in [0.4, 0.5) is 8.78 Å². The van der Waals surface area contributed by atoms with E-state index in [4.69, 9.17) is 5.73 Å². The fourth-order valence-electron chi connectivity index (χ4n) is 1.56. The third-order valence-electron chi connectivity index (χ3n) is 2.58. The molecule has 1 aliphatic carbocycles. The average molecular weight is 199 g/mol. The molecular weight excluding hydrogens is 188 g/mol. The maximum Gasteiger partial charge on any atom is 0.165 e. The second kappa shape index (κ2) is 3.20. The number of hydrogen-bond acceptors (Lipinski definition) is 2. The first-order chi connectivity index (χ1) is 6.61. The Labute approximate surface area is 80.4 Å². The van der Waals surface area contributed by atoms with Crippen LogP contribution in [0.1, 0.15) is 24.4 Å². The fraction of sp³-hybridized carbons (Fsp3) is 0.400. The molecule has 14 heavy (non-hydrogen) atoms. The Hall–Kier alpha value is -1.16. The van der Waals surface area contributed by atoms with Crippen LogP contribution in [-0.4, -0.2) is 5.11 Å². The molecule has 1 atom stereocenters. The zero-order chi connectivity index (χ0) is 10.3. The standard InChI is InChI=1S/C10H11F2NO/c11-6-3-4-7(12)10(14)8(6)9(13)5-1-2-5/h3-5,9,14H,1-2,13H2/t9-/m0/s1. The molecule has 2 nitrogen and oxygen atoms in total. The maximum atomic E-state index is 13.3. The van der Waals surface area contributed by atoms with Crippen molar-refractivity contribution in [3.05, 3.63) is 29.3 Å². The minimum Gasteiger partial charge on any atom is -0.505 e. The molecule has 0 bridgehead atoms. The Bertz CT molecular complexity index is 363. The van der Waals surface area contributed by atoms with Crippen molar-refractivity contribution in [3.63, 3.8) is 0 Å². The lowest BCUT2D eigenvalue weighted by atomic mass is 10.0. The third kappa shape index (κ3) is 1.46. The smallest absolute Gasteiger partial charge is 0.165 e. The van der Waals surface area contributed by atoms with Gasteiger partial charge in [0.25, 0.3) is 0 Å². The van der Waals surface area contributed by atoms with E-state index in [2.05, 4.69) is 0 Å². The normalized spacial score (nSPS) is 18.2. The lowest BCUT2D eigenvalue weighted by Gasteiger charge is -2.13. The highest BCUT2D eigenvalue weighted by Crippen LogP contribution is 2.43. The molecule has 0 unspecified atom stereocenters. The first kappa shape index (κ1) is 9.40. The van der Waals surface area contributed by atoms with Gasteiger partial charge in [-0.25, -0.2) is 8.78 Å². The molecular formula is C10H11F2NO. The molecule has 0 aliphatic heterocycles. The highest BCUT2D eigenvalue weighted by Gasteiger charge is 2.33. The van der Waals surface area contributed by atoms with Crippen LogP contribution < -0.4 is 5.73 Å². The van der Waals surface area contributed by atoms with Crippen molar-refractivity contribution < 1.29 is 13.9 Å². The van der Waals surface area contributed by atoms with Gasteiger partial charge < -0.3 is 10.8 Å². The van der Waals surface area contributed by atoms with E-state index in [1.165, 1.54) is 0 Å². The average Bonchev–Trinajstić information content (AvgIpc) is 2.95. The van der Waals surface area contributed by atoms with Crippen LogP contribution >= 0.6 is 0 Å². The maximum absolute atomic E-state index is 13.3. The first-order valence-corrected chi connectivity index (χ1v) is 4.53. The monoisotopic (exact) mass is 199 g/mol. The number of hydrogen-bond donors (Lipinski definition) is 2. The number of rotatable bonds is 2. The van der Waals surface area contributed by atoms with Crippen molar-refractivity contribution in [2.24, 2.45) is 11.7 Å². The van der Waals surface area contributed by atoms with Crippen molar-refractivity contribution >= 4 is 0 Å². The summed E-state index contributed by atoms with van der Waals surface area (Å²) in [6, 6.07) is 1.30. The van der Waals surface area contributed by atoms with Crippen LogP contribution in [0.15, 0.2) is 12.1 Å². The molecule has 3 N–H and O–H groups in total. The predicted molar refractivity (Wildman–Crippen MR) is 47.7 cm³/mol. The minimum absolute atomic E-state index is 0.0903. The van der Waals surface area contributed by atoms with E-state index in [-0.39, 0.29) is 11.5 Å². The number of aromatic hydroxyl groups is 1. The highest BCUT2D eigenvalue weighted by atomic mass is 19.1. The third-order valence-corrected chi connectivity index (χ3v) is 2.58. The lowest BCUT2D eigenvalue weighted by molar-refractivity contribution is 0.405. The van der Waals surface area contributed by atoms with Gasteiger partial charge in [-0.3, -0.25) is 0 Å². The number of phenols is 1. The molecule has 0 saturated heterocycles. The van der Waals surface area contributed by atoms with Crippen molar-refractivity contribution in [1.29, 1.82) is 0 Å². The summed E-state index contributed by atoms with van der Waals surface area (Å²) < 4.78 is 26.2. The highest BCUT2D eigenvalue weighted by molar-refractivity contribution is 5.38. The molecule has 76 valence electrons. The van der Waals surface area contributed by atoms with Gasteiger partial charge in [0.15, 0.2) is 11.6 Å². The summed E-state index contributed by atoms with van der Waals surface area (Å²) in [7, 11) is 0. The van der Waals surface area contributed by atoms with E-state index >= 15 is 0 Å². The predicted octanol–water partition coefficient (Wildman–Crippen LogP) is 2.08. The van der Waals surface area contributed by atoms with Gasteiger partial charge in [0.05, 0.1) is 0 Å². The molecule has 0 aromatic heterocycles. The molecule has 0 spiro atoms. The molecule has 1 aliphatic rings. The van der Waals surface area contributed by atoms with E-state index in [0.717, 1.165) is 25.0 Å². The van der Waals surface area contributed by atoms with Crippen LogP contribution in [0.5, 0.6) is 5.75 Å². The summed E-state index contributed by atoms with van der Waals surface area (Å²) in [6.07, 6.45) is 1.83. The molecule has 0 radical (unpaired) electrons.